The second-order valence-corrected chi connectivity index (χ2v) is 8.12. The van der Waals surface area contributed by atoms with Gasteiger partial charge in [0.15, 0.2) is 29.0 Å². The van der Waals surface area contributed by atoms with Crippen molar-refractivity contribution >= 4 is 56.5 Å². The fraction of sp³-hybridized carbons (Fsp3) is 0.150. The summed E-state index contributed by atoms with van der Waals surface area (Å²) >= 11 is 3.94. The van der Waals surface area contributed by atoms with Crippen LogP contribution >= 0.6 is 27.7 Å². The van der Waals surface area contributed by atoms with Crippen LogP contribution in [0, 0.1) is 17.5 Å². The third-order valence-corrected chi connectivity index (χ3v) is 5.73. The molecular weight excluding hydrogens is 517 g/mol. The van der Waals surface area contributed by atoms with Gasteiger partial charge in [-0.1, -0.05) is 0 Å². The van der Waals surface area contributed by atoms with Crippen molar-refractivity contribution in [2.24, 2.45) is 0 Å². The number of hydrogen-bond donors (Lipinski definition) is 1. The van der Waals surface area contributed by atoms with Crippen molar-refractivity contribution in [3.8, 4) is 11.5 Å². The van der Waals surface area contributed by atoms with Gasteiger partial charge in [0.1, 0.15) is 6.54 Å². The first-order chi connectivity index (χ1) is 15.2. The highest BCUT2D eigenvalue weighted by molar-refractivity contribution is 9.10. The third-order valence-electron chi connectivity index (χ3n) is 4.24. The maximum absolute atomic E-state index is 13.7. The molecule has 1 N–H and O–H groups in total. The number of methoxy groups -OCH3 is 2. The van der Waals surface area contributed by atoms with Crippen molar-refractivity contribution in [2.75, 3.05) is 26.1 Å². The highest BCUT2D eigenvalue weighted by Gasteiger charge is 2.36. The second kappa shape index (κ2) is 9.65. The number of nitrogens with zero attached hydrogens (tertiary/aromatic N) is 1. The van der Waals surface area contributed by atoms with Crippen LogP contribution in [-0.2, 0) is 9.59 Å². The highest BCUT2D eigenvalue weighted by Crippen LogP contribution is 2.38. The summed E-state index contributed by atoms with van der Waals surface area (Å²) in [5.74, 6) is -5.64. The number of hydrogen-bond acceptors (Lipinski definition) is 6. The smallest absolute Gasteiger partial charge is 0.294 e. The Hall–Kier alpha value is -2.99. The lowest BCUT2D eigenvalue weighted by Crippen LogP contribution is -2.36. The molecule has 1 fully saturated rings. The summed E-state index contributed by atoms with van der Waals surface area (Å²) in [5.41, 5.74) is -0.0973. The third kappa shape index (κ3) is 4.75. The number of amides is 3. The van der Waals surface area contributed by atoms with Crippen LogP contribution < -0.4 is 14.8 Å². The quantitative estimate of drug-likeness (QED) is 0.435. The minimum absolute atomic E-state index is 0.0425. The largest absolute Gasteiger partial charge is 0.493 e. The molecule has 0 spiro atoms. The topological polar surface area (TPSA) is 84.9 Å². The zero-order chi connectivity index (χ0) is 23.6. The monoisotopic (exact) mass is 530 g/mol. The summed E-state index contributed by atoms with van der Waals surface area (Å²) in [7, 11) is 2.90. The molecule has 32 heavy (non-hydrogen) atoms. The lowest BCUT2D eigenvalue weighted by atomic mass is 10.2. The van der Waals surface area contributed by atoms with Crippen molar-refractivity contribution in [2.45, 2.75) is 0 Å². The van der Waals surface area contributed by atoms with Crippen molar-refractivity contribution in [3.05, 3.63) is 56.7 Å². The van der Waals surface area contributed by atoms with Crippen LogP contribution in [0.3, 0.4) is 0 Å². The van der Waals surface area contributed by atoms with E-state index in [1.54, 1.807) is 12.1 Å². The Balaban J connectivity index is 1.77. The second-order valence-electron chi connectivity index (χ2n) is 6.28. The summed E-state index contributed by atoms with van der Waals surface area (Å²) in [6.45, 7) is -0.740. The fourth-order valence-corrected chi connectivity index (χ4v) is 4.22. The molecule has 3 amide bonds. The Morgan fingerprint density at radius 1 is 1.16 bits per heavy atom. The average Bonchev–Trinajstić information content (AvgIpc) is 3.01. The van der Waals surface area contributed by atoms with Crippen molar-refractivity contribution in [1.82, 2.24) is 4.90 Å². The Labute approximate surface area is 192 Å². The van der Waals surface area contributed by atoms with E-state index in [1.165, 1.54) is 20.3 Å². The molecule has 2 aromatic carbocycles. The molecular formula is C20H14BrF3N2O5S. The van der Waals surface area contributed by atoms with Gasteiger partial charge in [-0.2, -0.15) is 0 Å². The van der Waals surface area contributed by atoms with Crippen molar-refractivity contribution < 1.29 is 37.0 Å². The Morgan fingerprint density at radius 2 is 1.88 bits per heavy atom. The van der Waals surface area contributed by atoms with Gasteiger partial charge in [-0.3, -0.25) is 19.3 Å². The highest BCUT2D eigenvalue weighted by atomic mass is 79.9. The molecule has 1 aliphatic heterocycles. The van der Waals surface area contributed by atoms with Crippen LogP contribution in [0.1, 0.15) is 5.56 Å². The molecule has 0 saturated carbocycles. The van der Waals surface area contributed by atoms with Crippen molar-refractivity contribution in [3.63, 3.8) is 0 Å². The van der Waals surface area contributed by atoms with Gasteiger partial charge in [-0.05, 0) is 63.6 Å². The normalized spacial score (nSPS) is 14.8. The van der Waals surface area contributed by atoms with E-state index >= 15 is 0 Å². The number of carbonyl (C=O) groups excluding carboxylic acids is 3. The molecule has 2 aromatic rings. The summed E-state index contributed by atoms with van der Waals surface area (Å²) in [6, 6.07) is 4.70. The molecule has 0 radical (unpaired) electrons. The molecule has 7 nitrogen and oxygen atoms in total. The van der Waals surface area contributed by atoms with E-state index < -0.39 is 46.7 Å². The summed E-state index contributed by atoms with van der Waals surface area (Å²) in [5, 5.41) is 1.29. The van der Waals surface area contributed by atoms with Gasteiger partial charge in [0, 0.05) is 0 Å². The van der Waals surface area contributed by atoms with Gasteiger partial charge in [0.25, 0.3) is 11.1 Å². The van der Waals surface area contributed by atoms with E-state index in [1.807, 2.05) is 5.32 Å². The minimum Gasteiger partial charge on any atom is -0.493 e. The average molecular weight is 531 g/mol. The van der Waals surface area contributed by atoms with Gasteiger partial charge in [-0.15, -0.1) is 0 Å². The number of anilines is 1. The Kier molecular flexibility index (Phi) is 7.14. The molecule has 168 valence electrons. The van der Waals surface area contributed by atoms with E-state index in [4.69, 9.17) is 9.47 Å². The van der Waals surface area contributed by atoms with Crippen LogP contribution in [-0.4, -0.2) is 42.7 Å². The predicted molar refractivity (Wildman–Crippen MR) is 115 cm³/mol. The molecule has 0 bridgehead atoms. The summed E-state index contributed by atoms with van der Waals surface area (Å²) < 4.78 is 51.1. The number of rotatable bonds is 6. The first-order valence-electron chi connectivity index (χ1n) is 8.76. The molecule has 0 unspecified atom stereocenters. The van der Waals surface area contributed by atoms with E-state index in [2.05, 4.69) is 15.9 Å². The molecule has 0 aliphatic carbocycles. The summed E-state index contributed by atoms with van der Waals surface area (Å²) in [6.07, 6.45) is 1.44. The van der Waals surface area contributed by atoms with Gasteiger partial charge < -0.3 is 14.8 Å². The number of nitrogens with one attached hydrogen (secondary N) is 1. The molecule has 12 heteroatoms. The van der Waals surface area contributed by atoms with Gasteiger partial charge >= 0.3 is 0 Å². The number of halogens is 4. The SMILES string of the molecule is COc1cc(/C=C2/SC(=O)N(CC(=O)Nc3ccc(F)c(F)c3F)C2=O)cc(Br)c1OC. The first-order valence-corrected chi connectivity index (χ1v) is 10.4. The Bertz CT molecular complexity index is 1160. The van der Waals surface area contributed by atoms with E-state index in [0.717, 1.165) is 6.07 Å². The Morgan fingerprint density at radius 3 is 2.53 bits per heavy atom. The van der Waals surface area contributed by atoms with Gasteiger partial charge in [-0.25, -0.2) is 13.2 Å². The predicted octanol–water partition coefficient (Wildman–Crippen LogP) is 4.56. The number of ether oxygens (including phenoxy) is 2. The zero-order valence-corrected chi connectivity index (χ0v) is 18.9. The molecule has 1 heterocycles. The number of thioether (sulfide) groups is 1. The van der Waals surface area contributed by atoms with Crippen LogP contribution in [0.15, 0.2) is 33.6 Å². The van der Waals surface area contributed by atoms with Crippen LogP contribution in [0.5, 0.6) is 11.5 Å². The molecule has 1 aliphatic rings. The van der Waals surface area contributed by atoms with Crippen molar-refractivity contribution in [1.29, 1.82) is 0 Å². The standard InChI is InChI=1S/C20H14BrF3N2O5S/c1-30-13-6-9(5-10(21)18(13)31-2)7-14-19(28)26(20(29)32-14)8-15(27)25-12-4-3-11(22)16(23)17(12)24/h3-7H,8H2,1-2H3,(H,25,27)/b14-7+. The first kappa shape index (κ1) is 23.7. The van der Waals surface area contributed by atoms with E-state index in [0.29, 0.717) is 44.3 Å². The summed E-state index contributed by atoms with van der Waals surface area (Å²) in [4.78, 5) is 37.7. The lowest BCUT2D eigenvalue weighted by molar-refractivity contribution is -0.127. The van der Waals surface area contributed by atoms with E-state index in [-0.39, 0.29) is 4.91 Å². The van der Waals surface area contributed by atoms with Crippen LogP contribution in [0.2, 0.25) is 0 Å². The number of carbonyl (C=O) groups is 3. The molecule has 0 atom stereocenters. The van der Waals surface area contributed by atoms with Crippen LogP contribution in [0.25, 0.3) is 6.08 Å². The fourth-order valence-electron chi connectivity index (χ4n) is 2.76. The maximum Gasteiger partial charge on any atom is 0.294 e. The van der Waals surface area contributed by atoms with Gasteiger partial charge in [0.2, 0.25) is 5.91 Å². The minimum atomic E-state index is -1.75. The maximum atomic E-state index is 13.7. The molecule has 1 saturated heterocycles. The molecule has 0 aromatic heterocycles. The van der Waals surface area contributed by atoms with Crippen LogP contribution in [0.4, 0.5) is 23.7 Å². The number of benzene rings is 2. The van der Waals surface area contributed by atoms with Gasteiger partial charge in [0.05, 0.1) is 29.3 Å². The zero-order valence-electron chi connectivity index (χ0n) is 16.5. The number of imide groups is 1. The lowest BCUT2D eigenvalue weighted by Gasteiger charge is -2.13. The van der Waals surface area contributed by atoms with E-state index in [9.17, 15) is 27.6 Å². The molecule has 3 rings (SSSR count).